The van der Waals surface area contributed by atoms with E-state index < -0.39 is 5.82 Å². The molecule has 0 radical (unpaired) electrons. The van der Waals surface area contributed by atoms with Gasteiger partial charge < -0.3 is 20.5 Å². The maximum atomic E-state index is 13.7. The van der Waals surface area contributed by atoms with Gasteiger partial charge in [0.1, 0.15) is 0 Å². The molecule has 0 bridgehead atoms. The highest BCUT2D eigenvalue weighted by atomic mass is 19.1. The van der Waals surface area contributed by atoms with E-state index in [9.17, 15) is 9.50 Å². The molecule has 2 aromatic rings. The van der Waals surface area contributed by atoms with Gasteiger partial charge >= 0.3 is 0 Å². The molecular weight excluding hydrogens is 321 g/mol. The van der Waals surface area contributed by atoms with E-state index in [1.807, 2.05) is 30.3 Å². The summed E-state index contributed by atoms with van der Waals surface area (Å²) >= 11 is 0. The van der Waals surface area contributed by atoms with Crippen molar-refractivity contribution in [2.75, 3.05) is 27.3 Å². The van der Waals surface area contributed by atoms with Gasteiger partial charge in [-0.05, 0) is 23.3 Å². The highest BCUT2D eigenvalue weighted by Crippen LogP contribution is 2.17. The first-order valence-electron chi connectivity index (χ1n) is 8.10. The summed E-state index contributed by atoms with van der Waals surface area (Å²) in [5.41, 5.74) is 1.84. The molecule has 0 amide bonds. The van der Waals surface area contributed by atoms with Crippen LogP contribution in [0.2, 0.25) is 0 Å². The van der Waals surface area contributed by atoms with Crippen molar-refractivity contribution in [1.29, 1.82) is 0 Å². The van der Waals surface area contributed by atoms with Crippen LogP contribution in [0.5, 0.6) is 5.75 Å². The minimum absolute atomic E-state index is 0.0295. The molecular formula is C19H24FN3O2. The van der Waals surface area contributed by atoms with Gasteiger partial charge in [-0.15, -0.1) is 0 Å². The minimum Gasteiger partial charge on any atom is -0.494 e. The number of benzene rings is 2. The third-order valence-electron chi connectivity index (χ3n) is 3.91. The standard InChI is InChI=1S/C19H24FN3O2/c1-21-19(22-11-14-8-9-18(25-2)17(20)10-14)23-12-16(13-24)15-6-4-3-5-7-15/h3-10,16,24H,11-13H2,1-2H3,(H2,21,22,23). The smallest absolute Gasteiger partial charge is 0.191 e. The predicted octanol–water partition coefficient (Wildman–Crippen LogP) is 2.28. The molecule has 2 aromatic carbocycles. The van der Waals surface area contributed by atoms with E-state index in [1.54, 1.807) is 19.2 Å². The van der Waals surface area contributed by atoms with Crippen molar-refractivity contribution >= 4 is 5.96 Å². The van der Waals surface area contributed by atoms with Crippen molar-refractivity contribution in [1.82, 2.24) is 10.6 Å². The van der Waals surface area contributed by atoms with Crippen LogP contribution in [0.3, 0.4) is 0 Å². The van der Waals surface area contributed by atoms with Crippen molar-refractivity contribution in [3.8, 4) is 5.75 Å². The van der Waals surface area contributed by atoms with Crippen LogP contribution < -0.4 is 15.4 Å². The Morgan fingerprint density at radius 3 is 2.56 bits per heavy atom. The Bertz CT molecular complexity index is 692. The second kappa shape index (κ2) is 9.64. The van der Waals surface area contributed by atoms with Crippen molar-refractivity contribution in [3.05, 3.63) is 65.5 Å². The molecule has 0 saturated heterocycles. The maximum Gasteiger partial charge on any atom is 0.191 e. The molecule has 0 aliphatic heterocycles. The number of halogens is 1. The summed E-state index contributed by atoms with van der Waals surface area (Å²) in [6.07, 6.45) is 0. The second-order valence-electron chi connectivity index (χ2n) is 5.57. The lowest BCUT2D eigenvalue weighted by molar-refractivity contribution is 0.265. The molecule has 0 fully saturated rings. The molecule has 1 atom stereocenters. The molecule has 0 aliphatic carbocycles. The third kappa shape index (κ3) is 5.46. The quantitative estimate of drug-likeness (QED) is 0.532. The Morgan fingerprint density at radius 2 is 1.96 bits per heavy atom. The zero-order chi connectivity index (χ0) is 18.1. The van der Waals surface area contributed by atoms with E-state index in [2.05, 4.69) is 15.6 Å². The number of hydrogen-bond acceptors (Lipinski definition) is 3. The van der Waals surface area contributed by atoms with Gasteiger partial charge in [0, 0.05) is 26.1 Å². The van der Waals surface area contributed by atoms with Crippen LogP contribution in [0.25, 0.3) is 0 Å². The molecule has 0 spiro atoms. The van der Waals surface area contributed by atoms with E-state index in [4.69, 9.17) is 4.74 Å². The van der Waals surface area contributed by atoms with Crippen LogP contribution >= 0.6 is 0 Å². The molecule has 0 aromatic heterocycles. The van der Waals surface area contributed by atoms with Crippen LogP contribution in [0.15, 0.2) is 53.5 Å². The van der Waals surface area contributed by atoms with Crippen molar-refractivity contribution in [2.24, 2.45) is 4.99 Å². The van der Waals surface area contributed by atoms with Crippen LogP contribution in [-0.2, 0) is 6.54 Å². The summed E-state index contributed by atoms with van der Waals surface area (Å²) in [4.78, 5) is 4.15. The maximum absolute atomic E-state index is 13.7. The number of methoxy groups -OCH3 is 1. The van der Waals surface area contributed by atoms with E-state index in [0.29, 0.717) is 19.0 Å². The molecule has 1 unspecified atom stereocenters. The molecule has 3 N–H and O–H groups in total. The van der Waals surface area contributed by atoms with Crippen molar-refractivity contribution < 1.29 is 14.2 Å². The van der Waals surface area contributed by atoms with E-state index >= 15 is 0 Å². The van der Waals surface area contributed by atoms with Crippen molar-refractivity contribution in [2.45, 2.75) is 12.5 Å². The Balaban J connectivity index is 1.89. The monoisotopic (exact) mass is 345 g/mol. The summed E-state index contributed by atoms with van der Waals surface area (Å²) in [7, 11) is 3.10. The van der Waals surface area contributed by atoms with Gasteiger partial charge in [0.2, 0.25) is 0 Å². The number of guanidine groups is 1. The van der Waals surface area contributed by atoms with Gasteiger partial charge in [0.05, 0.1) is 13.7 Å². The topological polar surface area (TPSA) is 65.9 Å². The fourth-order valence-electron chi connectivity index (χ4n) is 2.46. The molecule has 0 saturated carbocycles. The average molecular weight is 345 g/mol. The summed E-state index contributed by atoms with van der Waals surface area (Å²) in [5.74, 6) is 0.387. The summed E-state index contributed by atoms with van der Waals surface area (Å²) in [6.45, 7) is 1.00. The van der Waals surface area contributed by atoms with E-state index in [0.717, 1.165) is 11.1 Å². The SMILES string of the molecule is CN=C(NCc1ccc(OC)c(F)c1)NCC(CO)c1ccccc1. The number of nitrogens with zero attached hydrogens (tertiary/aromatic N) is 1. The first-order chi connectivity index (χ1) is 12.2. The summed E-state index contributed by atoms with van der Waals surface area (Å²) in [5, 5.41) is 15.9. The lowest BCUT2D eigenvalue weighted by Crippen LogP contribution is -2.39. The van der Waals surface area contributed by atoms with Crippen molar-refractivity contribution in [3.63, 3.8) is 0 Å². The second-order valence-corrected chi connectivity index (χ2v) is 5.57. The number of aliphatic hydroxyl groups excluding tert-OH is 1. The number of ether oxygens (including phenoxy) is 1. The zero-order valence-electron chi connectivity index (χ0n) is 14.5. The van der Waals surface area contributed by atoms with Gasteiger partial charge in [-0.25, -0.2) is 4.39 Å². The predicted molar refractivity (Wildman–Crippen MR) is 97.4 cm³/mol. The van der Waals surface area contributed by atoms with E-state index in [-0.39, 0.29) is 18.3 Å². The molecule has 0 aliphatic rings. The van der Waals surface area contributed by atoms with E-state index in [1.165, 1.54) is 13.2 Å². The summed E-state index contributed by atoms with van der Waals surface area (Å²) < 4.78 is 18.6. The fraction of sp³-hybridized carbons (Fsp3) is 0.316. The first-order valence-corrected chi connectivity index (χ1v) is 8.10. The molecule has 2 rings (SSSR count). The Morgan fingerprint density at radius 1 is 1.20 bits per heavy atom. The molecule has 25 heavy (non-hydrogen) atoms. The molecule has 6 heteroatoms. The minimum atomic E-state index is -0.394. The highest BCUT2D eigenvalue weighted by Gasteiger charge is 2.11. The lowest BCUT2D eigenvalue weighted by atomic mass is 10.0. The molecule has 0 heterocycles. The number of hydrogen-bond donors (Lipinski definition) is 3. The van der Waals surface area contributed by atoms with Gasteiger partial charge in [0.25, 0.3) is 0 Å². The van der Waals surface area contributed by atoms with Gasteiger partial charge in [-0.1, -0.05) is 36.4 Å². The Kier molecular flexibility index (Phi) is 7.22. The van der Waals surface area contributed by atoms with Crippen LogP contribution in [0.1, 0.15) is 17.0 Å². The molecule has 5 nitrogen and oxygen atoms in total. The summed E-state index contributed by atoms with van der Waals surface area (Å²) in [6, 6.07) is 14.6. The highest BCUT2D eigenvalue weighted by molar-refractivity contribution is 5.79. The van der Waals surface area contributed by atoms with Crippen LogP contribution in [0.4, 0.5) is 4.39 Å². The Labute approximate surface area is 147 Å². The largest absolute Gasteiger partial charge is 0.494 e. The average Bonchev–Trinajstić information content (AvgIpc) is 2.65. The number of rotatable bonds is 7. The van der Waals surface area contributed by atoms with Gasteiger partial charge in [-0.2, -0.15) is 0 Å². The van der Waals surface area contributed by atoms with Gasteiger partial charge in [-0.3, -0.25) is 4.99 Å². The normalized spacial score (nSPS) is 12.6. The fourth-order valence-corrected chi connectivity index (χ4v) is 2.46. The Hall–Kier alpha value is -2.60. The number of aliphatic hydroxyl groups is 1. The number of aliphatic imine (C=N–C) groups is 1. The lowest BCUT2D eigenvalue weighted by Gasteiger charge is -2.18. The third-order valence-corrected chi connectivity index (χ3v) is 3.91. The molecule has 134 valence electrons. The first kappa shape index (κ1) is 18.7. The number of nitrogens with one attached hydrogen (secondary N) is 2. The van der Waals surface area contributed by atoms with Gasteiger partial charge in [0.15, 0.2) is 17.5 Å². The van der Waals surface area contributed by atoms with Crippen LogP contribution in [0, 0.1) is 5.82 Å². The zero-order valence-corrected chi connectivity index (χ0v) is 14.5. The van der Waals surface area contributed by atoms with Crippen LogP contribution in [-0.4, -0.2) is 38.4 Å².